The van der Waals surface area contributed by atoms with Gasteiger partial charge in [-0.05, 0) is 43.5 Å². The highest BCUT2D eigenvalue weighted by Gasteiger charge is 2.23. The number of hydrogen-bond acceptors (Lipinski definition) is 1. The van der Waals surface area contributed by atoms with Crippen molar-refractivity contribution in [3.05, 3.63) is 35.9 Å². The molecule has 0 spiro atoms. The lowest BCUT2D eigenvalue weighted by atomic mass is 9.98. The van der Waals surface area contributed by atoms with E-state index < -0.39 is 5.67 Å². The third-order valence-corrected chi connectivity index (χ3v) is 3.75. The third-order valence-electron chi connectivity index (χ3n) is 2.68. The summed E-state index contributed by atoms with van der Waals surface area (Å²) in [6.45, 7) is 3.65. The van der Waals surface area contributed by atoms with Crippen molar-refractivity contribution in [1.82, 2.24) is 0 Å². The van der Waals surface area contributed by atoms with Crippen LogP contribution in [0.4, 0.5) is 4.39 Å². The number of alkyl halides is 1. The van der Waals surface area contributed by atoms with Crippen LogP contribution in [-0.2, 0) is 0 Å². The summed E-state index contributed by atoms with van der Waals surface area (Å²) < 4.78 is 14.0. The molecule has 80 valence electrons. The Balaban J connectivity index is 2.48. The molecule has 0 N–H and O–H groups in total. The van der Waals surface area contributed by atoms with E-state index in [1.165, 1.54) is 10.5 Å². The third kappa shape index (κ3) is 2.43. The molecule has 0 amide bonds. The van der Waals surface area contributed by atoms with Gasteiger partial charge in [0.05, 0.1) is 0 Å². The molecule has 1 unspecified atom stereocenters. The van der Waals surface area contributed by atoms with Gasteiger partial charge in [0.15, 0.2) is 0 Å². The van der Waals surface area contributed by atoms with Crippen LogP contribution in [0.5, 0.6) is 0 Å². The van der Waals surface area contributed by atoms with Gasteiger partial charge in [0.1, 0.15) is 5.67 Å². The highest BCUT2D eigenvalue weighted by molar-refractivity contribution is 7.99. The van der Waals surface area contributed by atoms with Gasteiger partial charge < -0.3 is 0 Å². The van der Waals surface area contributed by atoms with Crippen LogP contribution in [0, 0.1) is 0 Å². The van der Waals surface area contributed by atoms with Gasteiger partial charge in [-0.1, -0.05) is 18.2 Å². The lowest BCUT2D eigenvalue weighted by molar-refractivity contribution is 0.252. The van der Waals surface area contributed by atoms with Crippen molar-refractivity contribution in [3.63, 3.8) is 0 Å². The van der Waals surface area contributed by atoms with E-state index in [2.05, 4.69) is 12.1 Å². The van der Waals surface area contributed by atoms with Crippen molar-refractivity contribution in [2.24, 2.45) is 0 Å². The molecule has 0 aromatic heterocycles. The van der Waals surface area contributed by atoms with E-state index >= 15 is 0 Å². The van der Waals surface area contributed by atoms with Gasteiger partial charge in [-0.2, -0.15) is 0 Å². The highest BCUT2D eigenvalue weighted by Crippen LogP contribution is 2.35. The molecule has 0 bridgehead atoms. The van der Waals surface area contributed by atoms with Crippen LogP contribution < -0.4 is 0 Å². The van der Waals surface area contributed by atoms with Crippen LogP contribution in [-0.4, -0.2) is 11.4 Å². The Morgan fingerprint density at radius 2 is 2.07 bits per heavy atom. The van der Waals surface area contributed by atoms with E-state index in [0.29, 0.717) is 6.42 Å². The van der Waals surface area contributed by atoms with Crippen LogP contribution in [0.2, 0.25) is 0 Å². The number of hydrogen-bond donors (Lipinski definition) is 0. The molecule has 2 rings (SSSR count). The molecule has 0 fully saturated rings. The number of rotatable bonds is 0. The Morgan fingerprint density at radius 1 is 1.33 bits per heavy atom. The fraction of sp³-hybridized carbons (Fsp3) is 0.385. The minimum Gasteiger partial charge on any atom is -0.240 e. The first-order chi connectivity index (χ1) is 7.08. The Labute approximate surface area is 94.6 Å². The monoisotopic (exact) mass is 222 g/mol. The first-order valence-electron chi connectivity index (χ1n) is 5.19. The summed E-state index contributed by atoms with van der Waals surface area (Å²) in [5.74, 6) is 0.841. The average Bonchev–Trinajstić information content (AvgIpc) is 2.15. The van der Waals surface area contributed by atoms with Gasteiger partial charge in [0.2, 0.25) is 0 Å². The molecule has 1 heterocycles. The fourth-order valence-corrected chi connectivity index (χ4v) is 3.16. The van der Waals surface area contributed by atoms with E-state index in [0.717, 1.165) is 11.3 Å². The predicted molar refractivity (Wildman–Crippen MR) is 64.9 cm³/mol. The molecule has 0 aliphatic carbocycles. The summed E-state index contributed by atoms with van der Waals surface area (Å²) >= 11 is 1.75. The second kappa shape index (κ2) is 4.01. The minimum absolute atomic E-state index is 0.587. The number of benzene rings is 1. The number of halogens is 1. The summed E-state index contributed by atoms with van der Waals surface area (Å²) in [5.41, 5.74) is 1.05. The Morgan fingerprint density at radius 3 is 2.87 bits per heavy atom. The Bertz CT molecular complexity index is 393. The lowest BCUT2D eigenvalue weighted by Gasteiger charge is -2.21. The normalized spacial score (nSPS) is 26.2. The SMILES string of the molecule is CC1=CC(C)(F)CCSc2ccccc21. The van der Waals surface area contributed by atoms with Gasteiger partial charge in [-0.15, -0.1) is 11.8 Å². The summed E-state index contributed by atoms with van der Waals surface area (Å²) in [7, 11) is 0. The number of fused-ring (bicyclic) bond motifs is 1. The predicted octanol–water partition coefficient (Wildman–Crippen LogP) is 4.31. The molecule has 2 heteroatoms. The second-order valence-electron chi connectivity index (χ2n) is 4.20. The van der Waals surface area contributed by atoms with E-state index in [1.54, 1.807) is 24.8 Å². The van der Waals surface area contributed by atoms with Gasteiger partial charge in [0, 0.05) is 10.6 Å². The molecular weight excluding hydrogens is 207 g/mol. The second-order valence-corrected chi connectivity index (χ2v) is 5.34. The van der Waals surface area contributed by atoms with Crippen LogP contribution in [0.25, 0.3) is 5.57 Å². The van der Waals surface area contributed by atoms with Crippen molar-refractivity contribution in [3.8, 4) is 0 Å². The summed E-state index contributed by atoms with van der Waals surface area (Å²) in [5, 5.41) is 0. The van der Waals surface area contributed by atoms with Gasteiger partial charge in [-0.25, -0.2) is 4.39 Å². The molecule has 0 saturated carbocycles. The van der Waals surface area contributed by atoms with Gasteiger partial charge in [0.25, 0.3) is 0 Å². The zero-order chi connectivity index (χ0) is 10.9. The zero-order valence-corrected chi connectivity index (χ0v) is 9.90. The molecule has 0 nitrogen and oxygen atoms in total. The molecule has 0 radical (unpaired) electrons. The van der Waals surface area contributed by atoms with Crippen molar-refractivity contribution in [2.45, 2.75) is 30.8 Å². The van der Waals surface area contributed by atoms with E-state index in [4.69, 9.17) is 0 Å². The zero-order valence-electron chi connectivity index (χ0n) is 9.09. The fourth-order valence-electron chi connectivity index (χ4n) is 1.88. The first-order valence-corrected chi connectivity index (χ1v) is 6.18. The number of allylic oxidation sites excluding steroid dienone is 2. The van der Waals surface area contributed by atoms with Crippen molar-refractivity contribution in [2.75, 3.05) is 5.75 Å². The molecule has 1 aliphatic rings. The maximum absolute atomic E-state index is 14.0. The first kappa shape index (κ1) is 10.7. The standard InChI is InChI=1S/C13H15FS/c1-10-9-13(2,14)7-8-15-12-6-4-3-5-11(10)12/h3-6,9H,7-8H2,1-2H3. The summed E-state index contributed by atoms with van der Waals surface area (Å²) in [6.07, 6.45) is 2.34. The van der Waals surface area contributed by atoms with Crippen LogP contribution >= 0.6 is 11.8 Å². The van der Waals surface area contributed by atoms with Gasteiger partial charge >= 0.3 is 0 Å². The van der Waals surface area contributed by atoms with Crippen LogP contribution in [0.1, 0.15) is 25.8 Å². The largest absolute Gasteiger partial charge is 0.240 e. The molecule has 15 heavy (non-hydrogen) atoms. The number of thioether (sulfide) groups is 1. The molecule has 1 aromatic rings. The maximum atomic E-state index is 14.0. The van der Waals surface area contributed by atoms with E-state index in [-0.39, 0.29) is 0 Å². The molecule has 1 aliphatic heterocycles. The average molecular weight is 222 g/mol. The smallest absolute Gasteiger partial charge is 0.127 e. The summed E-state index contributed by atoms with van der Waals surface area (Å²) in [4.78, 5) is 1.27. The van der Waals surface area contributed by atoms with Crippen molar-refractivity contribution < 1.29 is 4.39 Å². The summed E-state index contributed by atoms with van der Waals surface area (Å²) in [6, 6.07) is 8.22. The molecular formula is C13H15FS. The van der Waals surface area contributed by atoms with E-state index in [1.807, 2.05) is 19.1 Å². The van der Waals surface area contributed by atoms with Crippen LogP contribution in [0.15, 0.2) is 35.2 Å². The quantitative estimate of drug-likeness (QED) is 0.630. The molecule has 1 aromatic carbocycles. The molecule has 1 atom stereocenters. The van der Waals surface area contributed by atoms with Crippen LogP contribution in [0.3, 0.4) is 0 Å². The topological polar surface area (TPSA) is 0 Å². The van der Waals surface area contributed by atoms with Gasteiger partial charge in [-0.3, -0.25) is 0 Å². The highest BCUT2D eigenvalue weighted by atomic mass is 32.2. The molecule has 0 saturated heterocycles. The Kier molecular flexibility index (Phi) is 2.87. The van der Waals surface area contributed by atoms with Crippen molar-refractivity contribution in [1.29, 1.82) is 0 Å². The van der Waals surface area contributed by atoms with E-state index in [9.17, 15) is 4.39 Å². The lowest BCUT2D eigenvalue weighted by Crippen LogP contribution is -2.17. The maximum Gasteiger partial charge on any atom is 0.127 e. The van der Waals surface area contributed by atoms with Crippen molar-refractivity contribution >= 4 is 17.3 Å². The Hall–Kier alpha value is -0.760. The minimum atomic E-state index is -1.16.